The summed E-state index contributed by atoms with van der Waals surface area (Å²) in [6.45, 7) is 1.08. The van der Waals surface area contributed by atoms with Gasteiger partial charge in [0.15, 0.2) is 0 Å². The highest BCUT2D eigenvalue weighted by molar-refractivity contribution is 7.89. The Morgan fingerprint density at radius 3 is 2.52 bits per heavy atom. The number of hydrogen-bond donors (Lipinski definition) is 2. The third-order valence-corrected chi connectivity index (χ3v) is 5.45. The number of amides is 2. The SMILES string of the molecule is Cn1ccc(CCNC(=O)C(=O)NCCN2CCCS2(=O)=O)n1. The zero-order chi connectivity index (χ0) is 16.9. The molecule has 9 nitrogen and oxygen atoms in total. The summed E-state index contributed by atoms with van der Waals surface area (Å²) >= 11 is 0. The number of aryl methyl sites for hydroxylation is 1. The summed E-state index contributed by atoms with van der Waals surface area (Å²) in [7, 11) is -1.37. The average Bonchev–Trinajstić information content (AvgIpc) is 3.04. The molecule has 0 radical (unpaired) electrons. The van der Waals surface area contributed by atoms with Crippen molar-refractivity contribution in [3.63, 3.8) is 0 Å². The van der Waals surface area contributed by atoms with E-state index < -0.39 is 21.8 Å². The van der Waals surface area contributed by atoms with Gasteiger partial charge in [-0.25, -0.2) is 12.7 Å². The van der Waals surface area contributed by atoms with Crippen LogP contribution in [0.15, 0.2) is 12.3 Å². The van der Waals surface area contributed by atoms with E-state index in [2.05, 4.69) is 15.7 Å². The van der Waals surface area contributed by atoms with E-state index in [0.29, 0.717) is 25.9 Å². The highest BCUT2D eigenvalue weighted by atomic mass is 32.2. The van der Waals surface area contributed by atoms with Crippen molar-refractivity contribution in [2.45, 2.75) is 12.8 Å². The van der Waals surface area contributed by atoms with Gasteiger partial charge in [0.1, 0.15) is 0 Å². The first-order valence-corrected chi connectivity index (χ1v) is 9.02. The summed E-state index contributed by atoms with van der Waals surface area (Å²) < 4.78 is 26.1. The van der Waals surface area contributed by atoms with Crippen molar-refractivity contribution in [3.05, 3.63) is 18.0 Å². The minimum atomic E-state index is -3.18. The molecule has 1 aromatic heterocycles. The van der Waals surface area contributed by atoms with Crippen molar-refractivity contribution in [1.29, 1.82) is 0 Å². The molecule has 1 aliphatic rings. The topological polar surface area (TPSA) is 113 Å². The molecule has 2 amide bonds. The maximum Gasteiger partial charge on any atom is 0.309 e. The average molecular weight is 343 g/mol. The smallest absolute Gasteiger partial charge is 0.309 e. The Morgan fingerprint density at radius 2 is 1.96 bits per heavy atom. The third-order valence-electron chi connectivity index (χ3n) is 3.49. The molecule has 0 bridgehead atoms. The number of carbonyl (C=O) groups excluding carboxylic acids is 2. The minimum Gasteiger partial charge on any atom is -0.347 e. The van der Waals surface area contributed by atoms with E-state index in [4.69, 9.17) is 0 Å². The van der Waals surface area contributed by atoms with Gasteiger partial charge in [-0.1, -0.05) is 0 Å². The van der Waals surface area contributed by atoms with Crippen LogP contribution in [-0.2, 0) is 33.1 Å². The van der Waals surface area contributed by atoms with Gasteiger partial charge in [0.2, 0.25) is 10.0 Å². The molecule has 23 heavy (non-hydrogen) atoms. The molecule has 1 fully saturated rings. The fourth-order valence-electron chi connectivity index (χ4n) is 2.30. The van der Waals surface area contributed by atoms with E-state index in [1.165, 1.54) is 4.31 Å². The van der Waals surface area contributed by atoms with Gasteiger partial charge in [0, 0.05) is 45.8 Å². The van der Waals surface area contributed by atoms with Crippen molar-refractivity contribution in [3.8, 4) is 0 Å². The summed E-state index contributed by atoms with van der Waals surface area (Å²) in [6.07, 6.45) is 2.94. The summed E-state index contributed by atoms with van der Waals surface area (Å²) in [6, 6.07) is 1.84. The second kappa shape index (κ2) is 7.55. The van der Waals surface area contributed by atoms with Crippen LogP contribution in [0.1, 0.15) is 12.1 Å². The van der Waals surface area contributed by atoms with Crippen molar-refractivity contribution < 1.29 is 18.0 Å². The second-order valence-electron chi connectivity index (χ2n) is 5.31. The summed E-state index contributed by atoms with van der Waals surface area (Å²) in [5, 5.41) is 9.09. The standard InChI is InChI=1S/C13H21N5O4S/c1-17-8-4-11(16-17)3-5-14-12(19)13(20)15-6-9-18-7-2-10-23(18,21)22/h4,8H,2-3,5-7,9-10H2,1H3,(H,14,19)(H,15,20). The highest BCUT2D eigenvalue weighted by Gasteiger charge is 2.27. The van der Waals surface area contributed by atoms with Gasteiger partial charge in [-0.15, -0.1) is 0 Å². The molecular weight excluding hydrogens is 322 g/mol. The van der Waals surface area contributed by atoms with Gasteiger partial charge < -0.3 is 10.6 Å². The molecule has 2 N–H and O–H groups in total. The third kappa shape index (κ3) is 5.03. The highest BCUT2D eigenvalue weighted by Crippen LogP contribution is 2.11. The summed E-state index contributed by atoms with van der Waals surface area (Å²) in [5.41, 5.74) is 0.826. The van der Waals surface area contributed by atoms with E-state index >= 15 is 0 Å². The van der Waals surface area contributed by atoms with Crippen LogP contribution in [0.2, 0.25) is 0 Å². The van der Waals surface area contributed by atoms with E-state index in [1.807, 2.05) is 6.07 Å². The molecule has 0 aromatic carbocycles. The molecule has 2 heterocycles. The molecule has 0 atom stereocenters. The Labute approximate surface area is 135 Å². The van der Waals surface area contributed by atoms with Crippen molar-refractivity contribution in [2.24, 2.45) is 7.05 Å². The minimum absolute atomic E-state index is 0.117. The Hall–Kier alpha value is -1.94. The van der Waals surface area contributed by atoms with Crippen LogP contribution < -0.4 is 10.6 Å². The van der Waals surface area contributed by atoms with E-state index in [-0.39, 0.29) is 18.8 Å². The number of hydrogen-bond acceptors (Lipinski definition) is 5. The molecule has 1 saturated heterocycles. The van der Waals surface area contributed by atoms with Gasteiger partial charge in [-0.3, -0.25) is 14.3 Å². The predicted octanol–water partition coefficient (Wildman–Crippen LogP) is -1.77. The van der Waals surface area contributed by atoms with Gasteiger partial charge in [0.25, 0.3) is 0 Å². The molecule has 0 aliphatic carbocycles. The number of carbonyl (C=O) groups is 2. The molecule has 1 aliphatic heterocycles. The normalized spacial score (nSPS) is 17.1. The molecule has 2 rings (SSSR count). The number of nitrogens with zero attached hydrogens (tertiary/aromatic N) is 3. The molecule has 0 saturated carbocycles. The molecule has 1 aromatic rings. The van der Waals surface area contributed by atoms with Crippen LogP contribution in [0.25, 0.3) is 0 Å². The number of aromatic nitrogens is 2. The molecular formula is C13H21N5O4S. The zero-order valence-corrected chi connectivity index (χ0v) is 13.8. The fourth-order valence-corrected chi connectivity index (χ4v) is 3.83. The van der Waals surface area contributed by atoms with Crippen molar-refractivity contribution >= 4 is 21.8 Å². The maximum atomic E-state index is 11.6. The Balaban J connectivity index is 1.64. The second-order valence-corrected chi connectivity index (χ2v) is 7.40. The van der Waals surface area contributed by atoms with Crippen molar-refractivity contribution in [1.82, 2.24) is 24.7 Å². The van der Waals surface area contributed by atoms with Crippen LogP contribution in [-0.4, -0.2) is 66.2 Å². The zero-order valence-electron chi connectivity index (χ0n) is 13.0. The number of sulfonamides is 1. The fraction of sp³-hybridized carbons (Fsp3) is 0.615. The first-order chi connectivity index (χ1) is 10.9. The van der Waals surface area contributed by atoms with E-state index in [9.17, 15) is 18.0 Å². The lowest BCUT2D eigenvalue weighted by molar-refractivity contribution is -0.139. The number of rotatable bonds is 6. The lowest BCUT2D eigenvalue weighted by Crippen LogP contribution is -2.43. The lowest BCUT2D eigenvalue weighted by Gasteiger charge is -2.14. The van der Waals surface area contributed by atoms with Gasteiger partial charge >= 0.3 is 11.8 Å². The van der Waals surface area contributed by atoms with E-state index in [1.54, 1.807) is 17.9 Å². The monoisotopic (exact) mass is 343 g/mol. The Bertz CT molecular complexity index is 670. The Morgan fingerprint density at radius 1 is 1.26 bits per heavy atom. The van der Waals surface area contributed by atoms with Crippen LogP contribution in [0.5, 0.6) is 0 Å². The Kier molecular flexibility index (Phi) is 5.72. The molecule has 10 heteroatoms. The summed E-state index contributed by atoms with van der Waals surface area (Å²) in [4.78, 5) is 23.2. The largest absolute Gasteiger partial charge is 0.347 e. The molecule has 0 spiro atoms. The van der Waals surface area contributed by atoms with Gasteiger partial charge in [-0.2, -0.15) is 5.10 Å². The molecule has 128 valence electrons. The first kappa shape index (κ1) is 17.4. The van der Waals surface area contributed by atoms with Crippen LogP contribution >= 0.6 is 0 Å². The quantitative estimate of drug-likeness (QED) is 0.594. The van der Waals surface area contributed by atoms with Crippen molar-refractivity contribution in [2.75, 3.05) is 31.9 Å². The maximum absolute atomic E-state index is 11.6. The predicted molar refractivity (Wildman–Crippen MR) is 82.9 cm³/mol. The summed E-state index contributed by atoms with van der Waals surface area (Å²) in [5.74, 6) is -1.34. The number of nitrogens with one attached hydrogen (secondary N) is 2. The van der Waals surface area contributed by atoms with E-state index in [0.717, 1.165) is 5.69 Å². The van der Waals surface area contributed by atoms with Crippen LogP contribution in [0.3, 0.4) is 0 Å². The van der Waals surface area contributed by atoms with Gasteiger partial charge in [-0.05, 0) is 12.5 Å². The van der Waals surface area contributed by atoms with Gasteiger partial charge in [0.05, 0.1) is 11.4 Å². The van der Waals surface area contributed by atoms with Crippen LogP contribution in [0.4, 0.5) is 0 Å². The van der Waals surface area contributed by atoms with Crippen LogP contribution in [0, 0.1) is 0 Å². The molecule has 0 unspecified atom stereocenters. The lowest BCUT2D eigenvalue weighted by atomic mass is 10.3. The first-order valence-electron chi connectivity index (χ1n) is 7.41.